The van der Waals surface area contributed by atoms with Gasteiger partial charge in [0.1, 0.15) is 16.8 Å². The average Bonchev–Trinajstić information content (AvgIpc) is 2.40. The second-order valence-corrected chi connectivity index (χ2v) is 6.74. The number of aliphatic hydroxyl groups is 1. The summed E-state index contributed by atoms with van der Waals surface area (Å²) in [4.78, 5) is 8.65. The fourth-order valence-electron chi connectivity index (χ4n) is 2.52. The molecule has 1 aliphatic carbocycles. The van der Waals surface area contributed by atoms with Crippen LogP contribution in [0.25, 0.3) is 0 Å². The highest BCUT2D eigenvalue weighted by molar-refractivity contribution is 6.29. The van der Waals surface area contributed by atoms with Crippen LogP contribution in [0, 0.1) is 5.92 Å². The highest BCUT2D eigenvalue weighted by atomic mass is 35.5. The molecule has 2 rings (SSSR count). The molecule has 0 spiro atoms. The number of hydrogen-bond acceptors (Lipinski definition) is 4. The molecule has 5 heteroatoms. The normalized spacial score (nSPS) is 26.8. The number of halogens is 1. The molecule has 1 fully saturated rings. The highest BCUT2D eigenvalue weighted by Gasteiger charge is 2.31. The molecule has 0 atom stereocenters. The van der Waals surface area contributed by atoms with Gasteiger partial charge in [-0.25, -0.2) is 9.97 Å². The summed E-state index contributed by atoms with van der Waals surface area (Å²) < 4.78 is 0. The number of rotatable bonds is 4. The van der Waals surface area contributed by atoms with Gasteiger partial charge >= 0.3 is 0 Å². The second kappa shape index (κ2) is 6.27. The van der Waals surface area contributed by atoms with Crippen LogP contribution in [0.2, 0.25) is 5.15 Å². The number of nitrogens with zero attached hydrogens (tertiary/aromatic N) is 2. The molecule has 2 N–H and O–H groups in total. The average molecular weight is 298 g/mol. The van der Waals surface area contributed by atoms with Crippen LogP contribution in [0.3, 0.4) is 0 Å². The quantitative estimate of drug-likeness (QED) is 0.834. The van der Waals surface area contributed by atoms with Gasteiger partial charge in [0, 0.05) is 18.5 Å². The Labute approximate surface area is 126 Å². The molecule has 0 radical (unpaired) electrons. The lowest BCUT2D eigenvalue weighted by Crippen LogP contribution is -2.40. The van der Waals surface area contributed by atoms with Crippen molar-refractivity contribution >= 4 is 17.4 Å². The van der Waals surface area contributed by atoms with Gasteiger partial charge in [-0.3, -0.25) is 0 Å². The molecule has 0 unspecified atom stereocenters. The summed E-state index contributed by atoms with van der Waals surface area (Å²) in [6.45, 7) is 6.83. The molecule has 1 aliphatic rings. The molecule has 1 saturated carbocycles. The molecular formula is C15H24ClN3O. The molecule has 0 bridgehead atoms. The summed E-state index contributed by atoms with van der Waals surface area (Å²) in [6, 6.07) is 1.71. The maximum atomic E-state index is 10.6. The van der Waals surface area contributed by atoms with E-state index in [2.05, 4.69) is 22.2 Å². The van der Waals surface area contributed by atoms with E-state index in [1.165, 1.54) is 0 Å². The largest absolute Gasteiger partial charge is 0.388 e. The van der Waals surface area contributed by atoms with E-state index in [1.54, 1.807) is 6.07 Å². The van der Waals surface area contributed by atoms with E-state index >= 15 is 0 Å². The topological polar surface area (TPSA) is 58.0 Å². The third-order valence-electron chi connectivity index (χ3n) is 4.03. The summed E-state index contributed by atoms with van der Waals surface area (Å²) in [5.74, 6) is 2.37. The first-order valence-electron chi connectivity index (χ1n) is 7.39. The molecular weight excluding hydrogens is 274 g/mol. The third kappa shape index (κ3) is 4.06. The molecule has 0 amide bonds. The van der Waals surface area contributed by atoms with Gasteiger partial charge in [-0.1, -0.05) is 32.4 Å². The van der Waals surface area contributed by atoms with Crippen molar-refractivity contribution in [3.8, 4) is 0 Å². The van der Waals surface area contributed by atoms with Gasteiger partial charge in [0.25, 0.3) is 0 Å². The van der Waals surface area contributed by atoms with E-state index in [4.69, 9.17) is 11.6 Å². The number of hydrogen-bond donors (Lipinski definition) is 2. The lowest BCUT2D eigenvalue weighted by Gasteiger charge is -2.35. The van der Waals surface area contributed by atoms with Crippen molar-refractivity contribution in [2.45, 2.75) is 58.0 Å². The van der Waals surface area contributed by atoms with Gasteiger partial charge in [-0.15, -0.1) is 0 Å². The Morgan fingerprint density at radius 1 is 1.40 bits per heavy atom. The van der Waals surface area contributed by atoms with Gasteiger partial charge in [0.05, 0.1) is 5.60 Å². The maximum absolute atomic E-state index is 10.6. The van der Waals surface area contributed by atoms with Gasteiger partial charge in [0.2, 0.25) is 0 Å². The summed E-state index contributed by atoms with van der Waals surface area (Å²) in [5, 5.41) is 14.2. The monoisotopic (exact) mass is 297 g/mol. The zero-order valence-electron chi connectivity index (χ0n) is 12.5. The second-order valence-electron chi connectivity index (χ2n) is 6.35. The van der Waals surface area contributed by atoms with E-state index in [-0.39, 0.29) is 5.92 Å². The first-order valence-corrected chi connectivity index (χ1v) is 7.76. The Kier molecular flexibility index (Phi) is 4.86. The van der Waals surface area contributed by atoms with Crippen molar-refractivity contribution in [1.29, 1.82) is 0 Å². The molecule has 1 aromatic rings. The van der Waals surface area contributed by atoms with Crippen LogP contribution in [0.5, 0.6) is 0 Å². The number of nitrogens with one attached hydrogen (secondary N) is 1. The van der Waals surface area contributed by atoms with E-state index in [1.807, 2.05) is 13.8 Å². The SMILES string of the molecule is CC1CCC(O)(CNc2cc(Cl)nc(C(C)C)n2)CC1. The van der Waals surface area contributed by atoms with Crippen molar-refractivity contribution in [3.63, 3.8) is 0 Å². The highest BCUT2D eigenvalue weighted by Crippen LogP contribution is 2.32. The van der Waals surface area contributed by atoms with Crippen LogP contribution in [-0.2, 0) is 0 Å². The molecule has 1 aromatic heterocycles. The predicted molar refractivity (Wildman–Crippen MR) is 82.2 cm³/mol. The third-order valence-corrected chi connectivity index (χ3v) is 4.23. The summed E-state index contributed by atoms with van der Waals surface area (Å²) >= 11 is 6.02. The lowest BCUT2D eigenvalue weighted by atomic mass is 9.79. The fraction of sp³-hybridized carbons (Fsp3) is 0.733. The lowest BCUT2D eigenvalue weighted by molar-refractivity contribution is 0.00494. The first kappa shape index (κ1) is 15.5. The minimum absolute atomic E-state index is 0.230. The van der Waals surface area contributed by atoms with E-state index in [0.717, 1.165) is 37.4 Å². The van der Waals surface area contributed by atoms with Crippen LogP contribution >= 0.6 is 11.6 Å². The molecule has 20 heavy (non-hydrogen) atoms. The maximum Gasteiger partial charge on any atom is 0.135 e. The van der Waals surface area contributed by atoms with Gasteiger partial charge in [-0.05, 0) is 31.6 Å². The Bertz CT molecular complexity index is 456. The van der Waals surface area contributed by atoms with Gasteiger partial charge in [-0.2, -0.15) is 0 Å². The Balaban J connectivity index is 2.00. The van der Waals surface area contributed by atoms with Crippen molar-refractivity contribution in [1.82, 2.24) is 9.97 Å². The van der Waals surface area contributed by atoms with Crippen molar-refractivity contribution in [3.05, 3.63) is 17.0 Å². The van der Waals surface area contributed by atoms with E-state index in [0.29, 0.717) is 17.5 Å². The molecule has 112 valence electrons. The van der Waals surface area contributed by atoms with Gasteiger partial charge < -0.3 is 10.4 Å². The zero-order chi connectivity index (χ0) is 14.8. The van der Waals surface area contributed by atoms with E-state index < -0.39 is 5.60 Å². The predicted octanol–water partition coefficient (Wildman–Crippen LogP) is 3.61. The Morgan fingerprint density at radius 2 is 2.05 bits per heavy atom. The standard InChI is InChI=1S/C15H24ClN3O/c1-10(2)14-18-12(16)8-13(19-14)17-9-15(20)6-4-11(3)5-7-15/h8,10-11,20H,4-7,9H2,1-3H3,(H,17,18,19). The minimum atomic E-state index is -0.623. The molecule has 0 aliphatic heterocycles. The molecule has 0 aromatic carbocycles. The summed E-state index contributed by atoms with van der Waals surface area (Å²) in [6.07, 6.45) is 3.86. The van der Waals surface area contributed by atoms with E-state index in [9.17, 15) is 5.11 Å². The number of anilines is 1. The van der Waals surface area contributed by atoms with Crippen molar-refractivity contribution in [2.75, 3.05) is 11.9 Å². The van der Waals surface area contributed by atoms with Crippen LogP contribution in [0.4, 0.5) is 5.82 Å². The summed E-state index contributed by atoms with van der Waals surface area (Å²) in [7, 11) is 0. The minimum Gasteiger partial charge on any atom is -0.388 e. The van der Waals surface area contributed by atoms with Crippen molar-refractivity contribution in [2.24, 2.45) is 5.92 Å². The molecule has 1 heterocycles. The van der Waals surface area contributed by atoms with Crippen LogP contribution in [0.15, 0.2) is 6.07 Å². The number of aromatic nitrogens is 2. The van der Waals surface area contributed by atoms with Gasteiger partial charge in [0.15, 0.2) is 0 Å². The first-order chi connectivity index (χ1) is 9.38. The Hall–Kier alpha value is -0.870. The molecule has 4 nitrogen and oxygen atoms in total. The smallest absolute Gasteiger partial charge is 0.135 e. The van der Waals surface area contributed by atoms with Crippen LogP contribution in [-0.4, -0.2) is 27.2 Å². The fourth-order valence-corrected chi connectivity index (χ4v) is 2.71. The van der Waals surface area contributed by atoms with Crippen molar-refractivity contribution < 1.29 is 5.11 Å². The zero-order valence-corrected chi connectivity index (χ0v) is 13.2. The molecule has 0 saturated heterocycles. The Morgan fingerprint density at radius 3 is 2.65 bits per heavy atom. The summed E-state index contributed by atoms with van der Waals surface area (Å²) in [5.41, 5.74) is -0.623. The van der Waals surface area contributed by atoms with Crippen LogP contribution in [0.1, 0.15) is 58.2 Å². The van der Waals surface area contributed by atoms with Crippen LogP contribution < -0.4 is 5.32 Å².